The van der Waals surface area contributed by atoms with Gasteiger partial charge < -0.3 is 20.1 Å². The van der Waals surface area contributed by atoms with Crippen LogP contribution < -0.4 is 15.5 Å². The first kappa shape index (κ1) is 19.2. The van der Waals surface area contributed by atoms with Crippen LogP contribution in [0.3, 0.4) is 0 Å². The Labute approximate surface area is 161 Å². The minimum Gasteiger partial charge on any atom is -0.359 e. The molecule has 0 bridgehead atoms. The van der Waals surface area contributed by atoms with Crippen molar-refractivity contribution in [3.8, 4) is 0 Å². The van der Waals surface area contributed by atoms with E-state index in [9.17, 15) is 0 Å². The average molecular weight is 371 g/mol. The van der Waals surface area contributed by atoms with Gasteiger partial charge in [-0.1, -0.05) is 19.0 Å². The van der Waals surface area contributed by atoms with Crippen LogP contribution in [0.4, 0.5) is 5.82 Å². The van der Waals surface area contributed by atoms with Crippen LogP contribution in [0.25, 0.3) is 0 Å². The van der Waals surface area contributed by atoms with Gasteiger partial charge in [0.05, 0.1) is 18.8 Å². The second-order valence-electron chi connectivity index (χ2n) is 7.14. The van der Waals surface area contributed by atoms with E-state index in [1.165, 1.54) is 12.8 Å². The predicted octanol–water partition coefficient (Wildman–Crippen LogP) is 3.05. The lowest BCUT2D eigenvalue weighted by molar-refractivity contribution is 0.372. The number of aromatic nitrogens is 2. The zero-order valence-corrected chi connectivity index (χ0v) is 16.5. The summed E-state index contributed by atoms with van der Waals surface area (Å²) in [5.41, 5.74) is 2.13. The normalized spacial score (nSPS) is 14.8. The number of pyridine rings is 1. The number of aliphatic imine (C=N–C) groups is 1. The summed E-state index contributed by atoms with van der Waals surface area (Å²) in [6.07, 6.45) is 4.37. The Hall–Kier alpha value is -2.57. The van der Waals surface area contributed by atoms with Crippen LogP contribution in [-0.2, 0) is 13.1 Å². The topological polar surface area (TPSA) is 78.6 Å². The number of hydrogen-bond acceptors (Lipinski definition) is 5. The summed E-state index contributed by atoms with van der Waals surface area (Å²) < 4.78 is 5.38. The van der Waals surface area contributed by atoms with Crippen molar-refractivity contribution in [1.82, 2.24) is 20.8 Å². The molecule has 2 aromatic rings. The van der Waals surface area contributed by atoms with Gasteiger partial charge in [0.1, 0.15) is 5.82 Å². The van der Waals surface area contributed by atoms with Crippen LogP contribution >= 0.6 is 0 Å². The van der Waals surface area contributed by atoms with Crippen molar-refractivity contribution in [3.05, 3.63) is 41.4 Å². The lowest BCUT2D eigenvalue weighted by Gasteiger charge is -2.16. The SMILES string of the molecule is CCNC(=NCc1ccnc(N2CCCC2)c1)NCc1cc(C(C)C)no1. The Bertz CT molecular complexity index is 748. The number of nitrogens with one attached hydrogen (secondary N) is 2. The molecule has 0 spiro atoms. The zero-order chi connectivity index (χ0) is 19.1. The van der Waals surface area contributed by atoms with E-state index in [1.54, 1.807) is 0 Å². The minimum absolute atomic E-state index is 0.362. The van der Waals surface area contributed by atoms with Crippen molar-refractivity contribution in [1.29, 1.82) is 0 Å². The molecule has 0 radical (unpaired) electrons. The van der Waals surface area contributed by atoms with E-state index >= 15 is 0 Å². The molecule has 146 valence electrons. The van der Waals surface area contributed by atoms with Crippen molar-refractivity contribution in [2.45, 2.75) is 52.6 Å². The molecule has 0 saturated carbocycles. The summed E-state index contributed by atoms with van der Waals surface area (Å²) in [5, 5.41) is 10.7. The van der Waals surface area contributed by atoms with E-state index in [0.717, 1.165) is 48.4 Å². The minimum atomic E-state index is 0.362. The van der Waals surface area contributed by atoms with Crippen LogP contribution in [-0.4, -0.2) is 35.7 Å². The third-order valence-electron chi connectivity index (χ3n) is 4.60. The fraction of sp³-hybridized carbons (Fsp3) is 0.550. The molecule has 2 N–H and O–H groups in total. The van der Waals surface area contributed by atoms with Crippen LogP contribution in [0.2, 0.25) is 0 Å². The zero-order valence-electron chi connectivity index (χ0n) is 16.5. The van der Waals surface area contributed by atoms with Crippen molar-refractivity contribution in [2.24, 2.45) is 4.99 Å². The monoisotopic (exact) mass is 370 g/mol. The quantitative estimate of drug-likeness (QED) is 0.576. The number of guanidine groups is 1. The number of nitrogens with zero attached hydrogens (tertiary/aromatic N) is 4. The molecule has 1 saturated heterocycles. The van der Waals surface area contributed by atoms with E-state index in [4.69, 9.17) is 9.52 Å². The van der Waals surface area contributed by atoms with Crippen LogP contribution in [0, 0.1) is 0 Å². The fourth-order valence-corrected chi connectivity index (χ4v) is 3.05. The third kappa shape index (κ3) is 5.45. The molecule has 1 fully saturated rings. The highest BCUT2D eigenvalue weighted by molar-refractivity contribution is 5.79. The molecule has 0 aromatic carbocycles. The summed E-state index contributed by atoms with van der Waals surface area (Å²) in [4.78, 5) is 11.5. The first-order valence-corrected chi connectivity index (χ1v) is 9.83. The summed E-state index contributed by atoms with van der Waals surface area (Å²) in [6.45, 7) is 10.4. The molecule has 27 heavy (non-hydrogen) atoms. The predicted molar refractivity (Wildman–Crippen MR) is 108 cm³/mol. The van der Waals surface area contributed by atoms with E-state index in [2.05, 4.69) is 52.5 Å². The highest BCUT2D eigenvalue weighted by Gasteiger charge is 2.13. The molecule has 1 aliphatic heterocycles. The van der Waals surface area contributed by atoms with Crippen LogP contribution in [0.5, 0.6) is 0 Å². The van der Waals surface area contributed by atoms with E-state index in [0.29, 0.717) is 19.0 Å². The lowest BCUT2D eigenvalue weighted by Crippen LogP contribution is -2.36. The highest BCUT2D eigenvalue weighted by atomic mass is 16.5. The molecule has 0 atom stereocenters. The molecular formula is C20H30N6O. The van der Waals surface area contributed by atoms with Crippen molar-refractivity contribution in [3.63, 3.8) is 0 Å². The van der Waals surface area contributed by atoms with Gasteiger partial charge in [0.25, 0.3) is 0 Å². The number of rotatable bonds is 7. The van der Waals surface area contributed by atoms with Gasteiger partial charge in [-0.3, -0.25) is 0 Å². The Morgan fingerprint density at radius 1 is 1.26 bits per heavy atom. The van der Waals surface area contributed by atoms with E-state index in [1.807, 2.05) is 18.3 Å². The Morgan fingerprint density at radius 2 is 2.07 bits per heavy atom. The fourth-order valence-electron chi connectivity index (χ4n) is 3.05. The first-order valence-electron chi connectivity index (χ1n) is 9.83. The number of hydrogen-bond donors (Lipinski definition) is 2. The van der Waals surface area contributed by atoms with E-state index in [-0.39, 0.29) is 0 Å². The van der Waals surface area contributed by atoms with Crippen LogP contribution in [0.15, 0.2) is 33.9 Å². The molecule has 2 aromatic heterocycles. The van der Waals surface area contributed by atoms with Crippen molar-refractivity contribution in [2.75, 3.05) is 24.5 Å². The third-order valence-corrected chi connectivity index (χ3v) is 4.60. The highest BCUT2D eigenvalue weighted by Crippen LogP contribution is 2.19. The summed E-state index contributed by atoms with van der Waals surface area (Å²) >= 11 is 0. The van der Waals surface area contributed by atoms with Gasteiger partial charge in [-0.25, -0.2) is 9.98 Å². The Balaban J connectivity index is 1.60. The maximum absolute atomic E-state index is 5.38. The maximum Gasteiger partial charge on any atom is 0.191 e. The van der Waals surface area contributed by atoms with Gasteiger partial charge in [0.15, 0.2) is 11.7 Å². The lowest BCUT2D eigenvalue weighted by atomic mass is 10.1. The average Bonchev–Trinajstić information content (AvgIpc) is 3.36. The molecule has 0 aliphatic carbocycles. The van der Waals surface area contributed by atoms with Gasteiger partial charge in [-0.05, 0) is 43.4 Å². The molecule has 7 nitrogen and oxygen atoms in total. The van der Waals surface area contributed by atoms with Crippen molar-refractivity contribution < 1.29 is 4.52 Å². The molecule has 0 amide bonds. The van der Waals surface area contributed by atoms with Gasteiger partial charge in [0.2, 0.25) is 0 Å². The van der Waals surface area contributed by atoms with Crippen LogP contribution in [0.1, 0.15) is 56.5 Å². The van der Waals surface area contributed by atoms with Gasteiger partial charge >= 0.3 is 0 Å². The molecule has 1 aliphatic rings. The second kappa shape index (κ2) is 9.39. The summed E-state index contributed by atoms with van der Waals surface area (Å²) in [6, 6.07) is 6.16. The largest absolute Gasteiger partial charge is 0.359 e. The van der Waals surface area contributed by atoms with Crippen molar-refractivity contribution >= 4 is 11.8 Å². The molecule has 7 heteroatoms. The van der Waals surface area contributed by atoms with E-state index < -0.39 is 0 Å². The van der Waals surface area contributed by atoms with Gasteiger partial charge in [-0.15, -0.1) is 0 Å². The molecule has 0 unspecified atom stereocenters. The molecule has 3 heterocycles. The number of anilines is 1. The molecular weight excluding hydrogens is 340 g/mol. The smallest absolute Gasteiger partial charge is 0.191 e. The summed E-state index contributed by atoms with van der Waals surface area (Å²) in [7, 11) is 0. The Morgan fingerprint density at radius 3 is 2.78 bits per heavy atom. The standard InChI is InChI=1S/C20H30N6O/c1-4-21-20(24-14-17-12-18(15(2)3)25-27-17)23-13-16-7-8-22-19(11-16)26-9-5-6-10-26/h7-8,11-12,15H,4-6,9-10,13-14H2,1-3H3,(H2,21,23,24). The van der Waals surface area contributed by atoms with Gasteiger partial charge in [0, 0.05) is 31.9 Å². The summed E-state index contributed by atoms with van der Waals surface area (Å²) in [5.74, 6) is 2.99. The molecule has 3 rings (SSSR count). The second-order valence-corrected chi connectivity index (χ2v) is 7.14. The first-order chi connectivity index (χ1) is 13.2. The Kier molecular flexibility index (Phi) is 6.68. The maximum atomic E-state index is 5.38. The van der Waals surface area contributed by atoms with Gasteiger partial charge in [-0.2, -0.15) is 0 Å².